The Hall–Kier alpha value is -3.02. The number of carbonyl (C=O) groups is 1. The molecule has 0 bridgehead atoms. The summed E-state index contributed by atoms with van der Waals surface area (Å²) in [7, 11) is 3.17. The predicted molar refractivity (Wildman–Crippen MR) is 94.4 cm³/mol. The summed E-state index contributed by atoms with van der Waals surface area (Å²) in [5.74, 6) is 0.415. The Morgan fingerprint density at radius 3 is 2.60 bits per heavy atom. The van der Waals surface area contributed by atoms with Crippen LogP contribution in [0.5, 0.6) is 11.5 Å². The first-order valence-corrected chi connectivity index (χ1v) is 7.96. The van der Waals surface area contributed by atoms with Crippen molar-refractivity contribution >= 4 is 11.6 Å². The van der Waals surface area contributed by atoms with Crippen LogP contribution < -0.4 is 9.47 Å². The molecule has 2 aromatic heterocycles. The Morgan fingerprint density at radius 1 is 1.16 bits per heavy atom. The predicted octanol–water partition coefficient (Wildman–Crippen LogP) is 3.34. The molecule has 6 nitrogen and oxygen atoms in total. The largest absolute Gasteiger partial charge is 0.493 e. The number of fused-ring (bicyclic) bond motifs is 1. The van der Waals surface area contributed by atoms with E-state index in [1.807, 2.05) is 47.7 Å². The number of rotatable bonds is 6. The number of ether oxygens (including phenoxy) is 2. The molecule has 6 heteroatoms. The highest BCUT2D eigenvalue weighted by Gasteiger charge is 2.17. The van der Waals surface area contributed by atoms with E-state index in [-0.39, 0.29) is 6.42 Å². The molecular formula is C19H20N2O4. The molecule has 0 fully saturated rings. The van der Waals surface area contributed by atoms with Gasteiger partial charge in [0.2, 0.25) is 0 Å². The lowest BCUT2D eigenvalue weighted by atomic mass is 10.1. The Bertz CT molecular complexity index is 931. The zero-order valence-electron chi connectivity index (χ0n) is 14.4. The molecule has 1 aromatic carbocycles. The Kier molecular flexibility index (Phi) is 4.61. The maximum atomic E-state index is 11.1. The Morgan fingerprint density at radius 2 is 1.92 bits per heavy atom. The lowest BCUT2D eigenvalue weighted by molar-refractivity contribution is -0.136. The molecule has 3 aromatic rings. The fourth-order valence-electron chi connectivity index (χ4n) is 3.00. The van der Waals surface area contributed by atoms with Crippen molar-refractivity contribution in [3.05, 3.63) is 47.8 Å². The van der Waals surface area contributed by atoms with Gasteiger partial charge in [-0.1, -0.05) is 6.07 Å². The quantitative estimate of drug-likeness (QED) is 0.745. The van der Waals surface area contributed by atoms with Gasteiger partial charge < -0.3 is 19.0 Å². The molecule has 130 valence electrons. The molecular weight excluding hydrogens is 320 g/mol. The number of methoxy groups -OCH3 is 2. The minimum atomic E-state index is -0.832. The number of nitrogens with zero attached hydrogens (tertiary/aromatic N) is 2. The maximum Gasteiger partial charge on any atom is 0.303 e. The fraction of sp³-hybridized carbons (Fsp3) is 0.263. The van der Waals surface area contributed by atoms with E-state index in [2.05, 4.69) is 0 Å². The number of carboxylic acids is 1. The number of aliphatic carboxylic acids is 1. The summed E-state index contributed by atoms with van der Waals surface area (Å²) in [5, 5.41) is 9.10. The van der Waals surface area contributed by atoms with E-state index < -0.39 is 5.97 Å². The molecule has 0 radical (unpaired) electrons. The number of aromatic nitrogens is 2. The molecule has 0 atom stereocenters. The monoisotopic (exact) mass is 340 g/mol. The number of carboxylic acid groups (broad SMARTS) is 1. The Labute approximate surface area is 145 Å². The van der Waals surface area contributed by atoms with Gasteiger partial charge in [0.15, 0.2) is 11.5 Å². The summed E-state index contributed by atoms with van der Waals surface area (Å²) in [6.07, 6.45) is 0.438. The van der Waals surface area contributed by atoms with Gasteiger partial charge in [-0.2, -0.15) is 0 Å². The zero-order valence-corrected chi connectivity index (χ0v) is 14.4. The van der Waals surface area contributed by atoms with E-state index in [1.165, 1.54) is 0 Å². The number of benzene rings is 1. The highest BCUT2D eigenvalue weighted by molar-refractivity contribution is 5.72. The van der Waals surface area contributed by atoms with Gasteiger partial charge in [0.25, 0.3) is 0 Å². The first kappa shape index (κ1) is 16.8. The second kappa shape index (κ2) is 6.84. The normalized spacial score (nSPS) is 10.8. The standard InChI is InChI=1S/C19H20N2O4/c1-12-5-4-6-17-20-19(14(21(12)17)8-10-18(22)23)13-7-9-15(24-2)16(11-13)25-3/h4-7,9,11H,8,10H2,1-3H3,(H,22,23). The van der Waals surface area contributed by atoms with Crippen LogP contribution in [0.1, 0.15) is 17.8 Å². The third-order valence-corrected chi connectivity index (χ3v) is 4.17. The third-order valence-electron chi connectivity index (χ3n) is 4.17. The van der Waals surface area contributed by atoms with E-state index in [4.69, 9.17) is 19.6 Å². The highest BCUT2D eigenvalue weighted by Crippen LogP contribution is 2.34. The van der Waals surface area contributed by atoms with Crippen LogP contribution in [-0.2, 0) is 11.2 Å². The Balaban J connectivity index is 2.19. The van der Waals surface area contributed by atoms with Crippen LogP contribution in [0.4, 0.5) is 0 Å². The van der Waals surface area contributed by atoms with Crippen LogP contribution >= 0.6 is 0 Å². The van der Waals surface area contributed by atoms with Crippen molar-refractivity contribution in [3.63, 3.8) is 0 Å². The SMILES string of the molecule is COc1ccc(-c2nc3cccc(C)n3c2CCC(=O)O)cc1OC. The van der Waals surface area contributed by atoms with Crippen molar-refractivity contribution in [2.75, 3.05) is 14.2 Å². The summed E-state index contributed by atoms with van der Waals surface area (Å²) in [4.78, 5) is 15.8. The summed E-state index contributed by atoms with van der Waals surface area (Å²) >= 11 is 0. The average molecular weight is 340 g/mol. The van der Waals surface area contributed by atoms with Crippen LogP contribution in [0.2, 0.25) is 0 Å². The van der Waals surface area contributed by atoms with Crippen LogP contribution in [0.15, 0.2) is 36.4 Å². The second-order valence-electron chi connectivity index (χ2n) is 5.73. The minimum Gasteiger partial charge on any atom is -0.493 e. The van der Waals surface area contributed by atoms with Gasteiger partial charge in [-0.15, -0.1) is 0 Å². The molecule has 1 N–H and O–H groups in total. The van der Waals surface area contributed by atoms with Crippen molar-refractivity contribution in [3.8, 4) is 22.8 Å². The minimum absolute atomic E-state index is 0.0441. The van der Waals surface area contributed by atoms with E-state index in [9.17, 15) is 4.79 Å². The van der Waals surface area contributed by atoms with Gasteiger partial charge in [-0.05, 0) is 37.3 Å². The number of imidazole rings is 1. The van der Waals surface area contributed by atoms with Gasteiger partial charge in [0, 0.05) is 17.7 Å². The molecule has 0 aliphatic heterocycles. The molecule has 0 aliphatic carbocycles. The van der Waals surface area contributed by atoms with E-state index in [0.29, 0.717) is 17.9 Å². The first-order valence-electron chi connectivity index (χ1n) is 7.96. The molecule has 0 unspecified atom stereocenters. The van der Waals surface area contributed by atoms with Crippen molar-refractivity contribution in [2.24, 2.45) is 0 Å². The number of aryl methyl sites for hydroxylation is 2. The third kappa shape index (κ3) is 3.15. The molecule has 0 amide bonds. The second-order valence-corrected chi connectivity index (χ2v) is 5.73. The van der Waals surface area contributed by atoms with Gasteiger partial charge in [0.05, 0.1) is 32.0 Å². The van der Waals surface area contributed by atoms with Crippen molar-refractivity contribution in [2.45, 2.75) is 19.8 Å². The summed E-state index contributed by atoms with van der Waals surface area (Å²) in [6.45, 7) is 1.98. The van der Waals surface area contributed by atoms with E-state index in [0.717, 1.165) is 28.3 Å². The molecule has 3 rings (SSSR count). The average Bonchev–Trinajstić information content (AvgIpc) is 2.99. The van der Waals surface area contributed by atoms with Crippen LogP contribution in [-0.4, -0.2) is 34.7 Å². The van der Waals surface area contributed by atoms with Crippen molar-refractivity contribution in [1.29, 1.82) is 0 Å². The highest BCUT2D eigenvalue weighted by atomic mass is 16.5. The van der Waals surface area contributed by atoms with Crippen molar-refractivity contribution < 1.29 is 19.4 Å². The van der Waals surface area contributed by atoms with Crippen LogP contribution in [0.3, 0.4) is 0 Å². The molecule has 0 aliphatic rings. The number of pyridine rings is 1. The van der Waals surface area contributed by atoms with Gasteiger partial charge in [0.1, 0.15) is 5.65 Å². The lowest BCUT2D eigenvalue weighted by Crippen LogP contribution is -2.03. The molecule has 25 heavy (non-hydrogen) atoms. The van der Waals surface area contributed by atoms with Crippen LogP contribution in [0, 0.1) is 6.92 Å². The summed E-state index contributed by atoms with van der Waals surface area (Å²) in [5.41, 5.74) is 4.31. The van der Waals surface area contributed by atoms with E-state index >= 15 is 0 Å². The summed E-state index contributed by atoms with van der Waals surface area (Å²) in [6, 6.07) is 11.4. The van der Waals surface area contributed by atoms with Gasteiger partial charge in [-0.3, -0.25) is 4.79 Å². The maximum absolute atomic E-state index is 11.1. The fourth-order valence-corrected chi connectivity index (χ4v) is 3.00. The smallest absolute Gasteiger partial charge is 0.303 e. The zero-order chi connectivity index (χ0) is 18.0. The summed E-state index contributed by atoms with van der Waals surface area (Å²) < 4.78 is 12.7. The van der Waals surface area contributed by atoms with Gasteiger partial charge >= 0.3 is 5.97 Å². The van der Waals surface area contributed by atoms with Crippen LogP contribution in [0.25, 0.3) is 16.9 Å². The number of hydrogen-bond donors (Lipinski definition) is 1. The number of hydrogen-bond acceptors (Lipinski definition) is 4. The van der Waals surface area contributed by atoms with Gasteiger partial charge in [-0.25, -0.2) is 4.98 Å². The van der Waals surface area contributed by atoms with E-state index in [1.54, 1.807) is 14.2 Å². The molecule has 0 saturated heterocycles. The molecule has 2 heterocycles. The molecule has 0 saturated carbocycles. The first-order chi connectivity index (χ1) is 12.0. The lowest BCUT2D eigenvalue weighted by Gasteiger charge is -2.10. The molecule has 0 spiro atoms. The topological polar surface area (TPSA) is 73.1 Å². The van der Waals surface area contributed by atoms with Crippen molar-refractivity contribution in [1.82, 2.24) is 9.38 Å².